The zero-order valence-corrected chi connectivity index (χ0v) is 12.5. The lowest BCUT2D eigenvalue weighted by Gasteiger charge is -2.44. The number of nitrogens with one attached hydrogen (secondary N) is 1. The standard InChI is InChI=1S/C17H27NO/c1-4-18-13-17(14(2)12-19-3)11-7-9-15-8-5-6-10-16(15)17/h5-6,8,10,14,18H,4,7,9,11-13H2,1-3H3. The smallest absolute Gasteiger partial charge is 0.0496 e. The second kappa shape index (κ2) is 6.53. The summed E-state index contributed by atoms with van der Waals surface area (Å²) in [6.45, 7) is 7.45. The van der Waals surface area contributed by atoms with Gasteiger partial charge in [0.05, 0.1) is 0 Å². The number of benzene rings is 1. The average Bonchev–Trinajstić information content (AvgIpc) is 2.45. The summed E-state index contributed by atoms with van der Waals surface area (Å²) in [5.74, 6) is 0.540. The van der Waals surface area contributed by atoms with Gasteiger partial charge in [-0.3, -0.25) is 0 Å². The molecule has 1 aromatic carbocycles. The van der Waals surface area contributed by atoms with E-state index in [0.29, 0.717) is 5.92 Å². The monoisotopic (exact) mass is 261 g/mol. The zero-order valence-electron chi connectivity index (χ0n) is 12.5. The number of likely N-dealkylation sites (N-methyl/N-ethyl adjacent to an activating group) is 1. The molecular formula is C17H27NO. The van der Waals surface area contributed by atoms with Crippen LogP contribution in [0.3, 0.4) is 0 Å². The summed E-state index contributed by atoms with van der Waals surface area (Å²) < 4.78 is 5.45. The van der Waals surface area contributed by atoms with Crippen LogP contribution in [0.1, 0.15) is 37.8 Å². The summed E-state index contributed by atoms with van der Waals surface area (Å²) in [6.07, 6.45) is 3.78. The van der Waals surface area contributed by atoms with Crippen LogP contribution >= 0.6 is 0 Å². The van der Waals surface area contributed by atoms with E-state index in [1.165, 1.54) is 24.8 Å². The second-order valence-electron chi connectivity index (χ2n) is 5.80. The molecule has 0 aromatic heterocycles. The van der Waals surface area contributed by atoms with Crippen molar-refractivity contribution in [2.45, 2.75) is 38.5 Å². The van der Waals surface area contributed by atoms with Crippen LogP contribution in [0.4, 0.5) is 0 Å². The van der Waals surface area contributed by atoms with Gasteiger partial charge in [0.25, 0.3) is 0 Å². The Kier molecular flexibility index (Phi) is 5.00. The first kappa shape index (κ1) is 14.5. The lowest BCUT2D eigenvalue weighted by Crippen LogP contribution is -2.47. The molecule has 0 aliphatic heterocycles. The molecule has 1 N–H and O–H groups in total. The normalized spacial score (nSPS) is 23.9. The van der Waals surface area contributed by atoms with Gasteiger partial charge in [-0.25, -0.2) is 0 Å². The fraction of sp³-hybridized carbons (Fsp3) is 0.647. The summed E-state index contributed by atoms with van der Waals surface area (Å²) in [6, 6.07) is 8.99. The Morgan fingerprint density at radius 2 is 2.16 bits per heavy atom. The number of fused-ring (bicyclic) bond motifs is 1. The molecule has 0 spiro atoms. The lowest BCUT2D eigenvalue weighted by molar-refractivity contribution is 0.102. The third-order valence-corrected chi connectivity index (χ3v) is 4.67. The van der Waals surface area contributed by atoms with Crippen molar-refractivity contribution in [2.75, 3.05) is 26.8 Å². The molecule has 2 atom stereocenters. The minimum Gasteiger partial charge on any atom is -0.384 e. The van der Waals surface area contributed by atoms with E-state index in [-0.39, 0.29) is 5.41 Å². The van der Waals surface area contributed by atoms with E-state index < -0.39 is 0 Å². The topological polar surface area (TPSA) is 21.3 Å². The highest BCUT2D eigenvalue weighted by Gasteiger charge is 2.40. The lowest BCUT2D eigenvalue weighted by atomic mass is 9.63. The Hall–Kier alpha value is -0.860. The van der Waals surface area contributed by atoms with Crippen LogP contribution in [-0.2, 0) is 16.6 Å². The van der Waals surface area contributed by atoms with Gasteiger partial charge in [-0.1, -0.05) is 38.1 Å². The number of hydrogen-bond donors (Lipinski definition) is 1. The van der Waals surface area contributed by atoms with Crippen LogP contribution in [0.15, 0.2) is 24.3 Å². The van der Waals surface area contributed by atoms with Gasteiger partial charge in [-0.05, 0) is 42.9 Å². The summed E-state index contributed by atoms with van der Waals surface area (Å²) in [5, 5.41) is 3.58. The Morgan fingerprint density at radius 3 is 2.89 bits per heavy atom. The van der Waals surface area contributed by atoms with Gasteiger partial charge >= 0.3 is 0 Å². The molecule has 1 aliphatic carbocycles. The van der Waals surface area contributed by atoms with Crippen LogP contribution in [0.2, 0.25) is 0 Å². The van der Waals surface area contributed by atoms with Crippen LogP contribution in [0.5, 0.6) is 0 Å². The maximum Gasteiger partial charge on any atom is 0.0496 e. The number of rotatable bonds is 6. The Bertz CT molecular complexity index is 404. The molecule has 2 heteroatoms. The predicted molar refractivity (Wildman–Crippen MR) is 80.6 cm³/mol. The van der Waals surface area contributed by atoms with E-state index in [9.17, 15) is 0 Å². The molecule has 2 nitrogen and oxygen atoms in total. The van der Waals surface area contributed by atoms with Crippen molar-refractivity contribution in [1.29, 1.82) is 0 Å². The molecule has 0 heterocycles. The van der Waals surface area contributed by atoms with E-state index in [2.05, 4.69) is 43.4 Å². The van der Waals surface area contributed by atoms with E-state index >= 15 is 0 Å². The fourth-order valence-corrected chi connectivity index (χ4v) is 3.58. The van der Waals surface area contributed by atoms with Crippen LogP contribution in [0.25, 0.3) is 0 Å². The number of aryl methyl sites for hydroxylation is 1. The number of ether oxygens (including phenoxy) is 1. The quantitative estimate of drug-likeness (QED) is 0.849. The Balaban J connectivity index is 2.37. The summed E-state index contributed by atoms with van der Waals surface area (Å²) in [4.78, 5) is 0. The third kappa shape index (κ3) is 2.85. The summed E-state index contributed by atoms with van der Waals surface area (Å²) in [5.41, 5.74) is 3.32. The molecule has 106 valence electrons. The third-order valence-electron chi connectivity index (χ3n) is 4.67. The van der Waals surface area contributed by atoms with Gasteiger partial charge in [0.2, 0.25) is 0 Å². The molecule has 0 fully saturated rings. The van der Waals surface area contributed by atoms with Crippen LogP contribution < -0.4 is 5.32 Å². The number of hydrogen-bond acceptors (Lipinski definition) is 2. The highest BCUT2D eigenvalue weighted by atomic mass is 16.5. The van der Waals surface area contributed by atoms with Gasteiger partial charge in [-0.2, -0.15) is 0 Å². The van der Waals surface area contributed by atoms with E-state index in [1.807, 2.05) is 7.11 Å². The van der Waals surface area contributed by atoms with Gasteiger partial charge in [0.15, 0.2) is 0 Å². The highest BCUT2D eigenvalue weighted by molar-refractivity contribution is 5.38. The first-order chi connectivity index (χ1) is 9.24. The largest absolute Gasteiger partial charge is 0.384 e. The molecule has 0 saturated carbocycles. The van der Waals surface area contributed by atoms with Crippen molar-refractivity contribution >= 4 is 0 Å². The van der Waals surface area contributed by atoms with Crippen molar-refractivity contribution < 1.29 is 4.74 Å². The molecule has 1 aromatic rings. The van der Waals surface area contributed by atoms with Crippen molar-refractivity contribution in [3.8, 4) is 0 Å². The van der Waals surface area contributed by atoms with Crippen molar-refractivity contribution in [3.05, 3.63) is 35.4 Å². The minimum absolute atomic E-state index is 0.237. The molecule has 0 radical (unpaired) electrons. The first-order valence-corrected chi connectivity index (χ1v) is 7.52. The maximum atomic E-state index is 5.45. The van der Waals surface area contributed by atoms with Gasteiger partial charge in [0, 0.05) is 25.7 Å². The molecule has 2 unspecified atom stereocenters. The van der Waals surface area contributed by atoms with Crippen molar-refractivity contribution in [3.63, 3.8) is 0 Å². The van der Waals surface area contributed by atoms with E-state index in [1.54, 1.807) is 5.56 Å². The molecule has 0 amide bonds. The summed E-state index contributed by atoms with van der Waals surface area (Å²) in [7, 11) is 1.81. The van der Waals surface area contributed by atoms with Crippen LogP contribution in [0, 0.1) is 5.92 Å². The maximum absolute atomic E-state index is 5.45. The molecule has 1 aliphatic rings. The summed E-state index contributed by atoms with van der Waals surface area (Å²) >= 11 is 0. The Labute approximate surface area is 117 Å². The van der Waals surface area contributed by atoms with Crippen LogP contribution in [-0.4, -0.2) is 26.8 Å². The molecular weight excluding hydrogens is 234 g/mol. The van der Waals surface area contributed by atoms with Gasteiger partial charge in [-0.15, -0.1) is 0 Å². The average molecular weight is 261 g/mol. The minimum atomic E-state index is 0.237. The van der Waals surface area contributed by atoms with E-state index in [0.717, 1.165) is 19.7 Å². The highest BCUT2D eigenvalue weighted by Crippen LogP contribution is 2.42. The van der Waals surface area contributed by atoms with Gasteiger partial charge in [0.1, 0.15) is 0 Å². The molecule has 0 bridgehead atoms. The molecule has 19 heavy (non-hydrogen) atoms. The Morgan fingerprint density at radius 1 is 1.37 bits per heavy atom. The second-order valence-corrected chi connectivity index (χ2v) is 5.80. The molecule has 0 saturated heterocycles. The predicted octanol–water partition coefficient (Wildman–Crippen LogP) is 3.15. The SMILES string of the molecule is CCNCC1(C(C)COC)CCCc2ccccc21. The van der Waals surface area contributed by atoms with Crippen molar-refractivity contribution in [2.24, 2.45) is 5.92 Å². The fourth-order valence-electron chi connectivity index (χ4n) is 3.58. The van der Waals surface area contributed by atoms with E-state index in [4.69, 9.17) is 4.74 Å². The first-order valence-electron chi connectivity index (χ1n) is 7.52. The van der Waals surface area contributed by atoms with Gasteiger partial charge < -0.3 is 10.1 Å². The number of methoxy groups -OCH3 is 1. The van der Waals surface area contributed by atoms with Crippen molar-refractivity contribution in [1.82, 2.24) is 5.32 Å². The zero-order chi connectivity index (χ0) is 13.7. The molecule has 2 rings (SSSR count).